The van der Waals surface area contributed by atoms with E-state index in [-0.39, 0.29) is 18.7 Å². The fourth-order valence-electron chi connectivity index (χ4n) is 4.24. The molecule has 0 aliphatic carbocycles. The Morgan fingerprint density at radius 1 is 0.816 bits per heavy atom. The van der Waals surface area contributed by atoms with Crippen molar-refractivity contribution < 1.29 is 29.1 Å². The normalized spacial score (nSPS) is 17.0. The van der Waals surface area contributed by atoms with E-state index in [0.717, 1.165) is 12.0 Å². The van der Waals surface area contributed by atoms with E-state index in [9.17, 15) is 29.1 Å². The molecule has 202 valence electrons. The summed E-state index contributed by atoms with van der Waals surface area (Å²) in [6.07, 6.45) is 1.06. The molecule has 0 spiro atoms. The Kier molecular flexibility index (Phi) is 10.4. The van der Waals surface area contributed by atoms with E-state index >= 15 is 0 Å². The van der Waals surface area contributed by atoms with Gasteiger partial charge in [-0.15, -0.1) is 0 Å². The molecule has 0 saturated carbocycles. The van der Waals surface area contributed by atoms with E-state index in [1.54, 1.807) is 54.6 Å². The number of carboxylic acids is 1. The van der Waals surface area contributed by atoms with Gasteiger partial charge in [-0.1, -0.05) is 60.7 Å². The first-order chi connectivity index (χ1) is 18.2. The molecule has 1 aliphatic heterocycles. The zero-order valence-electron chi connectivity index (χ0n) is 20.9. The van der Waals surface area contributed by atoms with Crippen molar-refractivity contribution in [3.8, 4) is 0 Å². The summed E-state index contributed by atoms with van der Waals surface area (Å²) in [5.41, 5.74) is 6.78. The molecular formula is C27H33N5O6. The third-order valence-electron chi connectivity index (χ3n) is 6.23. The number of carboxylic acid groups (broad SMARTS) is 1. The minimum atomic E-state index is -1.43. The van der Waals surface area contributed by atoms with E-state index in [1.165, 1.54) is 0 Å². The van der Waals surface area contributed by atoms with Crippen LogP contribution in [-0.4, -0.2) is 65.4 Å². The van der Waals surface area contributed by atoms with Gasteiger partial charge in [-0.3, -0.25) is 19.2 Å². The van der Waals surface area contributed by atoms with Crippen LogP contribution in [0.1, 0.15) is 30.4 Å². The summed E-state index contributed by atoms with van der Waals surface area (Å²) in [4.78, 5) is 62.7. The molecule has 0 radical (unpaired) electrons. The van der Waals surface area contributed by atoms with Crippen molar-refractivity contribution in [2.75, 3.05) is 6.54 Å². The van der Waals surface area contributed by atoms with E-state index < -0.39 is 54.3 Å². The fraction of sp³-hybridized carbons (Fsp3) is 0.370. The van der Waals surface area contributed by atoms with Crippen molar-refractivity contribution in [2.24, 2.45) is 5.73 Å². The van der Waals surface area contributed by atoms with Crippen LogP contribution < -0.4 is 27.0 Å². The van der Waals surface area contributed by atoms with Crippen molar-refractivity contribution in [2.45, 2.75) is 56.3 Å². The molecule has 4 unspecified atom stereocenters. The van der Waals surface area contributed by atoms with E-state index in [2.05, 4.69) is 21.3 Å². The molecule has 3 rings (SSSR count). The van der Waals surface area contributed by atoms with Crippen molar-refractivity contribution in [3.05, 3.63) is 71.8 Å². The number of rotatable bonds is 13. The lowest BCUT2D eigenvalue weighted by atomic mass is 10.0. The predicted octanol–water partition coefficient (Wildman–Crippen LogP) is -0.362. The molecule has 0 bridgehead atoms. The number of amides is 4. The maximum Gasteiger partial charge on any atom is 0.326 e. The van der Waals surface area contributed by atoms with Gasteiger partial charge in [0, 0.05) is 12.8 Å². The molecule has 4 amide bonds. The molecule has 11 nitrogen and oxygen atoms in total. The first-order valence-corrected chi connectivity index (χ1v) is 12.5. The van der Waals surface area contributed by atoms with Gasteiger partial charge in [-0.25, -0.2) is 4.79 Å². The standard InChI is InChI=1S/C27H33N5O6/c28-23(33)16-21(26(36)32-22(27(37)38)15-18-10-5-2-6-11-18)31-25(35)20(14-17-8-3-1-4-9-17)30-24(34)19-12-7-13-29-19/h1-6,8-11,19-22,29H,7,12-16H2,(H2,28,33)(H,30,34)(H,31,35)(H,32,36)(H,37,38). The fourth-order valence-corrected chi connectivity index (χ4v) is 4.24. The maximum atomic E-state index is 13.3. The monoisotopic (exact) mass is 523 g/mol. The molecule has 0 aromatic heterocycles. The van der Waals surface area contributed by atoms with Crippen molar-refractivity contribution in [3.63, 3.8) is 0 Å². The van der Waals surface area contributed by atoms with Gasteiger partial charge in [-0.2, -0.15) is 0 Å². The Morgan fingerprint density at radius 3 is 1.84 bits per heavy atom. The Labute approximate surface area is 220 Å². The minimum absolute atomic E-state index is 0.000227. The molecule has 38 heavy (non-hydrogen) atoms. The molecule has 1 heterocycles. The Morgan fingerprint density at radius 2 is 1.34 bits per heavy atom. The van der Waals surface area contributed by atoms with E-state index in [0.29, 0.717) is 18.5 Å². The van der Waals surface area contributed by atoms with Crippen LogP contribution >= 0.6 is 0 Å². The summed E-state index contributed by atoms with van der Waals surface area (Å²) < 4.78 is 0. The van der Waals surface area contributed by atoms with Gasteiger partial charge < -0.3 is 32.1 Å². The average Bonchev–Trinajstić information content (AvgIpc) is 3.44. The topological polar surface area (TPSA) is 180 Å². The highest BCUT2D eigenvalue weighted by Gasteiger charge is 2.32. The second-order valence-corrected chi connectivity index (χ2v) is 9.22. The van der Waals surface area contributed by atoms with Gasteiger partial charge in [0.25, 0.3) is 0 Å². The molecular weight excluding hydrogens is 490 g/mol. The number of primary amides is 1. The summed E-state index contributed by atoms with van der Waals surface area (Å²) in [7, 11) is 0. The van der Waals surface area contributed by atoms with Gasteiger partial charge in [0.2, 0.25) is 23.6 Å². The number of hydrogen-bond acceptors (Lipinski definition) is 6. The Hall–Kier alpha value is -4.25. The molecule has 1 saturated heterocycles. The third-order valence-corrected chi connectivity index (χ3v) is 6.23. The number of nitrogens with two attached hydrogens (primary N) is 1. The van der Waals surface area contributed by atoms with Gasteiger partial charge in [0.1, 0.15) is 18.1 Å². The number of carbonyl (C=O) groups is 5. The van der Waals surface area contributed by atoms with Crippen LogP contribution in [0.15, 0.2) is 60.7 Å². The van der Waals surface area contributed by atoms with Crippen LogP contribution in [0.4, 0.5) is 0 Å². The molecule has 2 aromatic carbocycles. The quantitative estimate of drug-likeness (QED) is 0.207. The lowest BCUT2D eigenvalue weighted by Crippen LogP contribution is -2.58. The lowest BCUT2D eigenvalue weighted by molar-refractivity contribution is -0.142. The van der Waals surface area contributed by atoms with E-state index in [1.807, 2.05) is 6.07 Å². The van der Waals surface area contributed by atoms with Crippen LogP contribution in [0.2, 0.25) is 0 Å². The maximum absolute atomic E-state index is 13.3. The number of aliphatic carboxylic acids is 1. The molecule has 1 fully saturated rings. The molecule has 7 N–H and O–H groups in total. The summed E-state index contributed by atoms with van der Waals surface area (Å²) >= 11 is 0. The van der Waals surface area contributed by atoms with Crippen molar-refractivity contribution in [1.29, 1.82) is 0 Å². The molecule has 4 atom stereocenters. The number of nitrogens with one attached hydrogen (secondary N) is 4. The number of carbonyl (C=O) groups excluding carboxylic acids is 4. The van der Waals surface area contributed by atoms with Crippen LogP contribution in [0, 0.1) is 0 Å². The smallest absolute Gasteiger partial charge is 0.326 e. The lowest BCUT2D eigenvalue weighted by Gasteiger charge is -2.25. The van der Waals surface area contributed by atoms with Crippen LogP contribution in [0.3, 0.4) is 0 Å². The number of benzene rings is 2. The van der Waals surface area contributed by atoms with Crippen molar-refractivity contribution in [1.82, 2.24) is 21.3 Å². The zero-order chi connectivity index (χ0) is 27.5. The third kappa shape index (κ3) is 8.70. The summed E-state index contributed by atoms with van der Waals surface area (Å²) in [6, 6.07) is 13.5. The second kappa shape index (κ2) is 13.9. The summed E-state index contributed by atoms with van der Waals surface area (Å²) in [5, 5.41) is 20.3. The van der Waals surface area contributed by atoms with Gasteiger partial charge in [0.05, 0.1) is 12.5 Å². The van der Waals surface area contributed by atoms with Gasteiger partial charge in [-0.05, 0) is 30.5 Å². The van der Waals surface area contributed by atoms with Gasteiger partial charge >= 0.3 is 5.97 Å². The van der Waals surface area contributed by atoms with Gasteiger partial charge in [0.15, 0.2) is 0 Å². The van der Waals surface area contributed by atoms with Crippen LogP contribution in [-0.2, 0) is 36.8 Å². The Bertz CT molecular complexity index is 1120. The van der Waals surface area contributed by atoms with Crippen LogP contribution in [0.5, 0.6) is 0 Å². The molecule has 1 aliphatic rings. The second-order valence-electron chi connectivity index (χ2n) is 9.22. The van der Waals surface area contributed by atoms with E-state index in [4.69, 9.17) is 5.73 Å². The Balaban J connectivity index is 1.74. The predicted molar refractivity (Wildman–Crippen MR) is 139 cm³/mol. The minimum Gasteiger partial charge on any atom is -0.480 e. The zero-order valence-corrected chi connectivity index (χ0v) is 20.9. The largest absolute Gasteiger partial charge is 0.480 e. The summed E-state index contributed by atoms with van der Waals surface area (Å²) in [5.74, 6) is -4.05. The van der Waals surface area contributed by atoms with Crippen LogP contribution in [0.25, 0.3) is 0 Å². The highest BCUT2D eigenvalue weighted by molar-refractivity contribution is 5.96. The molecule has 11 heteroatoms. The summed E-state index contributed by atoms with van der Waals surface area (Å²) in [6.45, 7) is 0.697. The molecule has 2 aromatic rings. The SMILES string of the molecule is NC(=O)CC(NC(=O)C(Cc1ccccc1)NC(=O)C1CCCN1)C(=O)NC(Cc1ccccc1)C(=O)O. The highest BCUT2D eigenvalue weighted by atomic mass is 16.4. The van der Waals surface area contributed by atoms with Crippen molar-refractivity contribution >= 4 is 29.6 Å². The highest BCUT2D eigenvalue weighted by Crippen LogP contribution is 2.09. The first-order valence-electron chi connectivity index (χ1n) is 12.5. The average molecular weight is 524 g/mol. The number of hydrogen-bond donors (Lipinski definition) is 6. The first kappa shape index (κ1) is 28.3.